The molecule has 6 heteroatoms. The topological polar surface area (TPSA) is 12.0 Å². The third-order valence-corrected chi connectivity index (χ3v) is 4.08. The maximum absolute atomic E-state index is 12.8. The fourth-order valence-corrected chi connectivity index (χ4v) is 2.69. The first-order chi connectivity index (χ1) is 9.85. The molecular weight excluding hydrogens is 411 g/mol. The van der Waals surface area contributed by atoms with E-state index in [0.29, 0.717) is 15.7 Å². The van der Waals surface area contributed by atoms with Gasteiger partial charge in [-0.25, -0.2) is 0 Å². The molecule has 2 aromatic carbocycles. The molecule has 0 aliphatic heterocycles. The lowest BCUT2D eigenvalue weighted by Crippen LogP contribution is -2.20. The van der Waals surface area contributed by atoms with Gasteiger partial charge in [0.15, 0.2) is 0 Å². The summed E-state index contributed by atoms with van der Waals surface area (Å²) in [5.74, 6) is 0. The summed E-state index contributed by atoms with van der Waals surface area (Å²) in [5, 5.41) is 2.96. The van der Waals surface area contributed by atoms with Crippen LogP contribution in [0.4, 0.5) is 18.9 Å². The fourth-order valence-electron chi connectivity index (χ4n) is 1.96. The normalized spacial score (nSPS) is 13.0. The molecule has 0 saturated heterocycles. The summed E-state index contributed by atoms with van der Waals surface area (Å²) in [5.41, 5.74) is 1.21. The zero-order chi connectivity index (χ0) is 15.5. The second kappa shape index (κ2) is 6.83. The van der Waals surface area contributed by atoms with E-state index in [2.05, 4.69) is 37.2 Å². The summed E-state index contributed by atoms with van der Waals surface area (Å²) in [4.78, 5) is 0. The van der Waals surface area contributed by atoms with Gasteiger partial charge < -0.3 is 5.32 Å². The van der Waals surface area contributed by atoms with Crippen molar-refractivity contribution < 1.29 is 13.2 Å². The second-order valence-corrected chi connectivity index (χ2v) is 6.32. The summed E-state index contributed by atoms with van der Waals surface area (Å²) >= 11 is 6.67. The molecule has 1 unspecified atom stereocenters. The molecule has 0 fully saturated rings. The zero-order valence-corrected chi connectivity index (χ0v) is 14.0. The molecule has 1 nitrogen and oxygen atoms in total. The molecule has 1 N–H and O–H groups in total. The quantitative estimate of drug-likeness (QED) is 0.608. The van der Waals surface area contributed by atoms with Crippen LogP contribution in [0.25, 0.3) is 0 Å². The molecule has 0 aliphatic rings. The second-order valence-electron chi connectivity index (χ2n) is 4.55. The summed E-state index contributed by atoms with van der Waals surface area (Å²) in [6, 6.07) is 13.1. The Labute approximate surface area is 137 Å². The molecule has 1 atom stereocenters. The van der Waals surface area contributed by atoms with E-state index in [9.17, 15) is 13.2 Å². The van der Waals surface area contributed by atoms with E-state index in [4.69, 9.17) is 0 Å². The van der Waals surface area contributed by atoms with Gasteiger partial charge in [-0.05, 0) is 39.7 Å². The predicted molar refractivity (Wildman–Crippen MR) is 85.3 cm³/mol. The highest BCUT2D eigenvalue weighted by Crippen LogP contribution is 2.35. The van der Waals surface area contributed by atoms with Gasteiger partial charge in [0.25, 0.3) is 0 Å². The van der Waals surface area contributed by atoms with E-state index in [1.165, 1.54) is 0 Å². The molecule has 0 aliphatic carbocycles. The SMILES string of the molecule is FC(F)(F)CC(Nc1cc(Br)ccc1Br)c1ccccc1. The molecule has 0 saturated carbocycles. The standard InChI is InChI=1S/C15H12Br2F3N/c16-11-6-7-12(17)13(8-11)21-14(9-15(18,19)20)10-4-2-1-3-5-10/h1-8,14,21H,9H2. The van der Waals surface area contributed by atoms with Crippen LogP contribution < -0.4 is 5.32 Å². The highest BCUT2D eigenvalue weighted by Gasteiger charge is 2.32. The van der Waals surface area contributed by atoms with Gasteiger partial charge in [0, 0.05) is 8.95 Å². The monoisotopic (exact) mass is 421 g/mol. The van der Waals surface area contributed by atoms with Gasteiger partial charge in [0.05, 0.1) is 18.2 Å². The molecule has 0 aromatic heterocycles. The third kappa shape index (κ3) is 5.04. The lowest BCUT2D eigenvalue weighted by atomic mass is 10.0. The first-order valence-electron chi connectivity index (χ1n) is 6.18. The van der Waals surface area contributed by atoms with Gasteiger partial charge >= 0.3 is 6.18 Å². The van der Waals surface area contributed by atoms with E-state index >= 15 is 0 Å². The minimum atomic E-state index is -4.24. The van der Waals surface area contributed by atoms with Crippen molar-refractivity contribution in [2.24, 2.45) is 0 Å². The Bertz CT molecular complexity index is 600. The molecule has 2 rings (SSSR count). The summed E-state index contributed by atoms with van der Waals surface area (Å²) in [6.07, 6.45) is -5.18. The Morgan fingerprint density at radius 3 is 2.29 bits per heavy atom. The number of benzene rings is 2. The minimum Gasteiger partial charge on any atom is -0.377 e. The molecule has 112 valence electrons. The van der Waals surface area contributed by atoms with Gasteiger partial charge in [0.1, 0.15) is 0 Å². The summed E-state index contributed by atoms with van der Waals surface area (Å²) < 4.78 is 40.0. The van der Waals surface area contributed by atoms with Crippen LogP contribution >= 0.6 is 31.9 Å². The van der Waals surface area contributed by atoms with Gasteiger partial charge in [-0.3, -0.25) is 0 Å². The number of alkyl halides is 3. The van der Waals surface area contributed by atoms with Crippen molar-refractivity contribution in [1.29, 1.82) is 0 Å². The largest absolute Gasteiger partial charge is 0.391 e. The van der Waals surface area contributed by atoms with E-state index < -0.39 is 18.6 Å². The van der Waals surface area contributed by atoms with Crippen molar-refractivity contribution in [2.75, 3.05) is 5.32 Å². The molecular formula is C15H12Br2F3N. The van der Waals surface area contributed by atoms with Crippen molar-refractivity contribution in [2.45, 2.75) is 18.6 Å². The van der Waals surface area contributed by atoms with Gasteiger partial charge in [0.2, 0.25) is 0 Å². The average Bonchev–Trinajstić information content (AvgIpc) is 2.42. The Hall–Kier alpha value is -1.01. The molecule has 0 amide bonds. The van der Waals surface area contributed by atoms with Crippen molar-refractivity contribution in [3.63, 3.8) is 0 Å². The zero-order valence-electron chi connectivity index (χ0n) is 10.8. The molecule has 0 bridgehead atoms. The van der Waals surface area contributed by atoms with E-state index in [1.807, 2.05) is 6.07 Å². The number of hydrogen-bond acceptors (Lipinski definition) is 1. The number of hydrogen-bond donors (Lipinski definition) is 1. The van der Waals surface area contributed by atoms with Gasteiger partial charge in [-0.2, -0.15) is 13.2 Å². The van der Waals surface area contributed by atoms with Crippen LogP contribution in [0.15, 0.2) is 57.5 Å². The fraction of sp³-hybridized carbons (Fsp3) is 0.200. The Morgan fingerprint density at radius 2 is 1.67 bits per heavy atom. The number of nitrogens with one attached hydrogen (secondary N) is 1. The highest BCUT2D eigenvalue weighted by molar-refractivity contribution is 9.11. The summed E-state index contributed by atoms with van der Waals surface area (Å²) in [7, 11) is 0. The van der Waals surface area contributed by atoms with Crippen LogP contribution in [0.5, 0.6) is 0 Å². The first kappa shape index (κ1) is 16.4. The van der Waals surface area contributed by atoms with E-state index in [1.54, 1.807) is 42.5 Å². The van der Waals surface area contributed by atoms with E-state index in [-0.39, 0.29) is 0 Å². The van der Waals surface area contributed by atoms with Crippen LogP contribution in [0.2, 0.25) is 0 Å². The molecule has 0 spiro atoms. The number of anilines is 1. The van der Waals surface area contributed by atoms with Crippen molar-refractivity contribution in [1.82, 2.24) is 0 Å². The third-order valence-electron chi connectivity index (χ3n) is 2.90. The van der Waals surface area contributed by atoms with Crippen molar-refractivity contribution in [3.8, 4) is 0 Å². The smallest absolute Gasteiger partial charge is 0.377 e. The molecule has 0 heterocycles. The summed E-state index contributed by atoms with van der Waals surface area (Å²) in [6.45, 7) is 0. The molecule has 2 aromatic rings. The average molecular weight is 423 g/mol. The van der Waals surface area contributed by atoms with Crippen LogP contribution in [-0.2, 0) is 0 Å². The highest BCUT2D eigenvalue weighted by atomic mass is 79.9. The number of halogens is 5. The van der Waals surface area contributed by atoms with Gasteiger partial charge in [-0.15, -0.1) is 0 Å². The first-order valence-corrected chi connectivity index (χ1v) is 7.77. The van der Waals surface area contributed by atoms with Crippen molar-refractivity contribution >= 4 is 37.5 Å². The Kier molecular flexibility index (Phi) is 5.32. The van der Waals surface area contributed by atoms with Gasteiger partial charge in [-0.1, -0.05) is 46.3 Å². The van der Waals surface area contributed by atoms with E-state index in [0.717, 1.165) is 4.47 Å². The van der Waals surface area contributed by atoms with Crippen LogP contribution in [0.3, 0.4) is 0 Å². The maximum Gasteiger partial charge on any atom is 0.391 e. The van der Waals surface area contributed by atoms with Crippen LogP contribution in [0.1, 0.15) is 18.0 Å². The lowest BCUT2D eigenvalue weighted by Gasteiger charge is -2.22. The maximum atomic E-state index is 12.8. The molecule has 0 radical (unpaired) electrons. The minimum absolute atomic E-state index is 0.599. The van der Waals surface area contributed by atoms with Crippen molar-refractivity contribution in [3.05, 3.63) is 63.0 Å². The predicted octanol–water partition coefficient (Wildman–Crippen LogP) is 6.32. The molecule has 21 heavy (non-hydrogen) atoms. The lowest BCUT2D eigenvalue weighted by molar-refractivity contribution is -0.137. The Balaban J connectivity index is 2.30. The van der Waals surface area contributed by atoms with Crippen LogP contribution in [-0.4, -0.2) is 6.18 Å². The Morgan fingerprint density at radius 1 is 1.00 bits per heavy atom. The number of rotatable bonds is 4. The van der Waals surface area contributed by atoms with Crippen LogP contribution in [0, 0.1) is 0 Å².